The van der Waals surface area contributed by atoms with Gasteiger partial charge < -0.3 is 34.8 Å². The van der Waals surface area contributed by atoms with E-state index in [2.05, 4.69) is 10.3 Å². The van der Waals surface area contributed by atoms with Crippen LogP contribution in [-0.4, -0.2) is 114 Å². The number of aliphatic hydroxyl groups is 4. The molecule has 6 atom stereocenters. The number of benzene rings is 1. The van der Waals surface area contributed by atoms with Crippen LogP contribution in [0.3, 0.4) is 0 Å². The number of aromatic nitrogens is 3. The van der Waals surface area contributed by atoms with Crippen LogP contribution in [0.25, 0.3) is 11.3 Å². The number of carbonyl (C=O) groups excluding carboxylic acids is 1. The summed E-state index contributed by atoms with van der Waals surface area (Å²) in [7, 11) is 1.61. The van der Waals surface area contributed by atoms with Crippen molar-refractivity contribution < 1.29 is 43.5 Å². The van der Waals surface area contributed by atoms with Crippen LogP contribution in [0.15, 0.2) is 24.4 Å². The van der Waals surface area contributed by atoms with E-state index in [4.69, 9.17) is 9.47 Å². The van der Waals surface area contributed by atoms with Crippen molar-refractivity contribution in [3.63, 3.8) is 0 Å². The maximum Gasteiger partial charge on any atom is 0.238 e. The summed E-state index contributed by atoms with van der Waals surface area (Å²) in [6, 6.07) is 2.04. The summed E-state index contributed by atoms with van der Waals surface area (Å²) < 4.78 is 39.4. The van der Waals surface area contributed by atoms with Crippen molar-refractivity contribution in [3.8, 4) is 11.3 Å². The highest BCUT2D eigenvalue weighted by Crippen LogP contribution is 2.42. The standard InChI is InChI=1S/C24H32F2N4O7S/c1-3-29(2)22(34)21(24(35)6-8-36-9-7-24)38-23-20(33)18(19(32)17(12-31)37-23)30-11-16(27-28-30)13-4-5-14(25)15(26)10-13/h4-5,10-11,17-21,23,31-33,35H,3,6-9,12H2,1-2H3/t17-,18+,19+,20-,21-,23+/m1/s1. The summed E-state index contributed by atoms with van der Waals surface area (Å²) in [5.74, 6) is -2.45. The fourth-order valence-corrected chi connectivity index (χ4v) is 6.18. The van der Waals surface area contributed by atoms with Crippen molar-refractivity contribution in [2.75, 3.05) is 33.4 Å². The largest absolute Gasteiger partial charge is 0.394 e. The topological polar surface area (TPSA) is 150 Å². The summed E-state index contributed by atoms with van der Waals surface area (Å²) in [5, 5.41) is 50.5. The Morgan fingerprint density at radius 1 is 1.26 bits per heavy atom. The number of thioether (sulfide) groups is 1. The van der Waals surface area contributed by atoms with Crippen molar-refractivity contribution in [2.45, 2.75) is 60.4 Å². The van der Waals surface area contributed by atoms with Crippen molar-refractivity contribution in [1.29, 1.82) is 0 Å². The third-order valence-electron chi connectivity index (χ3n) is 7.07. The van der Waals surface area contributed by atoms with E-state index in [1.165, 1.54) is 21.8 Å². The van der Waals surface area contributed by atoms with Crippen LogP contribution < -0.4 is 0 Å². The van der Waals surface area contributed by atoms with Gasteiger partial charge in [-0.2, -0.15) is 0 Å². The average Bonchev–Trinajstić information content (AvgIpc) is 3.39. The van der Waals surface area contributed by atoms with Gasteiger partial charge in [0.2, 0.25) is 5.91 Å². The van der Waals surface area contributed by atoms with E-state index in [9.17, 15) is 34.0 Å². The molecule has 11 nitrogen and oxygen atoms in total. The smallest absolute Gasteiger partial charge is 0.238 e. The highest BCUT2D eigenvalue weighted by molar-refractivity contribution is 8.01. The van der Waals surface area contributed by atoms with E-state index < -0.39 is 58.9 Å². The number of hydrogen-bond donors (Lipinski definition) is 4. The van der Waals surface area contributed by atoms with Gasteiger partial charge in [0, 0.05) is 45.2 Å². The van der Waals surface area contributed by atoms with Crippen LogP contribution in [0.5, 0.6) is 0 Å². The van der Waals surface area contributed by atoms with Crippen molar-refractivity contribution in [3.05, 3.63) is 36.0 Å². The molecule has 0 aliphatic carbocycles. The lowest BCUT2D eigenvalue weighted by Crippen LogP contribution is -2.58. The van der Waals surface area contributed by atoms with Crippen molar-refractivity contribution in [1.82, 2.24) is 19.9 Å². The Kier molecular flexibility index (Phi) is 9.02. The average molecular weight is 559 g/mol. The van der Waals surface area contributed by atoms with Crippen LogP contribution in [-0.2, 0) is 14.3 Å². The SMILES string of the molecule is CCN(C)C(=O)[C@@H](S[C@@H]1O[C@H](CO)[C@H](O)[C@H](n2cc(-c3ccc(F)c(F)c3)nn2)[C@H]1O)C1(O)CCOCC1. The van der Waals surface area contributed by atoms with Gasteiger partial charge in [-0.25, -0.2) is 13.5 Å². The van der Waals surface area contributed by atoms with Gasteiger partial charge in [0.05, 0.1) is 18.4 Å². The molecule has 4 N–H and O–H groups in total. The minimum absolute atomic E-state index is 0.161. The van der Waals surface area contributed by atoms with E-state index in [-0.39, 0.29) is 43.2 Å². The third kappa shape index (κ3) is 5.71. The highest BCUT2D eigenvalue weighted by Gasteiger charge is 2.51. The summed E-state index contributed by atoms with van der Waals surface area (Å²) in [5.41, 5.74) is -2.19. The van der Waals surface area contributed by atoms with Gasteiger partial charge in [0.25, 0.3) is 0 Å². The lowest BCUT2D eigenvalue weighted by molar-refractivity contribution is -0.179. The van der Waals surface area contributed by atoms with Gasteiger partial charge in [-0.1, -0.05) is 5.21 Å². The number of ether oxygens (including phenoxy) is 2. The predicted molar refractivity (Wildman–Crippen MR) is 132 cm³/mol. The molecule has 2 aliphatic heterocycles. The first-order chi connectivity index (χ1) is 18.1. The zero-order valence-corrected chi connectivity index (χ0v) is 21.8. The lowest BCUT2D eigenvalue weighted by Gasteiger charge is -2.45. The number of hydrogen-bond acceptors (Lipinski definition) is 10. The second kappa shape index (κ2) is 11.9. The summed E-state index contributed by atoms with van der Waals surface area (Å²) in [6.07, 6.45) is -2.28. The van der Waals surface area contributed by atoms with E-state index in [0.29, 0.717) is 6.54 Å². The monoisotopic (exact) mass is 558 g/mol. The van der Waals surface area contributed by atoms with Gasteiger partial charge in [-0.05, 0) is 25.1 Å². The Balaban J connectivity index is 1.63. The van der Waals surface area contributed by atoms with E-state index >= 15 is 0 Å². The van der Waals surface area contributed by atoms with Gasteiger partial charge in [-0.3, -0.25) is 4.79 Å². The highest BCUT2D eigenvalue weighted by atomic mass is 32.2. The van der Waals surface area contributed by atoms with Crippen LogP contribution in [0.4, 0.5) is 8.78 Å². The van der Waals surface area contributed by atoms with E-state index in [1.54, 1.807) is 14.0 Å². The van der Waals surface area contributed by atoms with Crippen LogP contribution >= 0.6 is 11.8 Å². The summed E-state index contributed by atoms with van der Waals surface area (Å²) >= 11 is 0.913. The van der Waals surface area contributed by atoms with Crippen LogP contribution in [0.2, 0.25) is 0 Å². The number of amides is 1. The van der Waals surface area contributed by atoms with Gasteiger partial charge in [-0.15, -0.1) is 16.9 Å². The molecule has 4 rings (SSSR count). The molecule has 3 heterocycles. The Hall–Kier alpha value is -2.20. The molecular weight excluding hydrogens is 526 g/mol. The molecule has 0 unspecified atom stereocenters. The first-order valence-corrected chi connectivity index (χ1v) is 13.2. The van der Waals surface area contributed by atoms with Crippen LogP contribution in [0.1, 0.15) is 25.8 Å². The van der Waals surface area contributed by atoms with E-state index in [1.807, 2.05) is 0 Å². The molecule has 2 saturated heterocycles. The maximum absolute atomic E-state index is 13.7. The van der Waals surface area contributed by atoms with Gasteiger partial charge >= 0.3 is 0 Å². The molecule has 1 amide bonds. The molecule has 0 bridgehead atoms. The first-order valence-electron chi connectivity index (χ1n) is 12.3. The Bertz CT molecular complexity index is 1120. The minimum Gasteiger partial charge on any atom is -0.394 e. The number of carbonyl (C=O) groups is 1. The zero-order chi connectivity index (χ0) is 27.6. The molecule has 0 saturated carbocycles. The molecule has 1 aromatic carbocycles. The van der Waals surface area contributed by atoms with Crippen molar-refractivity contribution >= 4 is 17.7 Å². The quantitative estimate of drug-likeness (QED) is 0.357. The zero-order valence-electron chi connectivity index (χ0n) is 21.0. The first kappa shape index (κ1) is 28.8. The summed E-state index contributed by atoms with van der Waals surface area (Å²) in [4.78, 5) is 14.8. The Morgan fingerprint density at radius 2 is 1.97 bits per heavy atom. The molecule has 2 aliphatic rings. The van der Waals surface area contributed by atoms with Crippen LogP contribution in [0, 0.1) is 11.6 Å². The van der Waals surface area contributed by atoms with Gasteiger partial charge in [0.15, 0.2) is 11.6 Å². The van der Waals surface area contributed by atoms with Crippen molar-refractivity contribution in [2.24, 2.45) is 0 Å². The third-order valence-corrected chi connectivity index (χ3v) is 8.64. The number of rotatable bonds is 8. The number of halogens is 2. The fraction of sp³-hybridized carbons (Fsp3) is 0.625. The Labute approximate surface area is 222 Å². The molecule has 14 heteroatoms. The molecule has 38 heavy (non-hydrogen) atoms. The Morgan fingerprint density at radius 3 is 2.61 bits per heavy atom. The fourth-order valence-electron chi connectivity index (χ4n) is 4.59. The normalized spacial score (nSPS) is 28.2. The molecular formula is C24H32F2N4O7S. The molecule has 2 aromatic rings. The molecule has 210 valence electrons. The minimum atomic E-state index is -1.46. The molecule has 1 aromatic heterocycles. The second-order valence-electron chi connectivity index (χ2n) is 9.49. The number of aliphatic hydroxyl groups excluding tert-OH is 3. The molecule has 0 radical (unpaired) electrons. The number of nitrogens with zero attached hydrogens (tertiary/aromatic N) is 4. The lowest BCUT2D eigenvalue weighted by atomic mass is 9.89. The predicted octanol–water partition coefficient (Wildman–Crippen LogP) is 0.325. The van der Waals surface area contributed by atoms with E-state index in [0.717, 1.165) is 23.9 Å². The second-order valence-corrected chi connectivity index (χ2v) is 10.7. The molecule has 2 fully saturated rings. The maximum atomic E-state index is 13.7. The molecule has 0 spiro atoms. The summed E-state index contributed by atoms with van der Waals surface area (Å²) in [6.45, 7) is 2.11. The van der Waals surface area contributed by atoms with Gasteiger partial charge in [0.1, 0.15) is 40.7 Å².